The third-order valence-electron chi connectivity index (χ3n) is 0.362. The Labute approximate surface area is 99.2 Å². The quantitative estimate of drug-likeness (QED) is 0.288. The Morgan fingerprint density at radius 3 is 1.69 bits per heavy atom. The van der Waals surface area contributed by atoms with Crippen LogP contribution in [0.5, 0.6) is 0 Å². The van der Waals surface area contributed by atoms with Gasteiger partial charge in [-0.3, -0.25) is 0 Å². The Bertz CT molecular complexity index is 188. The maximum atomic E-state index is 9.53. The number of carbonyl (C=O) groups is 2. The molecule has 0 aromatic rings. The topological polar surface area (TPSA) is 77.4 Å². The first-order chi connectivity index (χ1) is 5.36. The van der Waals surface area contributed by atoms with E-state index in [0.717, 1.165) is 0 Å². The molecule has 0 aliphatic heterocycles. The molecule has 0 fully saturated rings. The number of allylic oxidation sites excluding steroid dienone is 1. The zero-order valence-corrected chi connectivity index (χ0v) is 10.0. The van der Waals surface area contributed by atoms with Crippen LogP contribution in [0.25, 0.3) is 0 Å². The minimum absolute atomic E-state index is 0. The molecule has 1 N–H and O–H groups in total. The Morgan fingerprint density at radius 1 is 1.31 bits per heavy atom. The third kappa shape index (κ3) is 51.9. The Kier molecular flexibility index (Phi) is 16.0. The van der Waals surface area contributed by atoms with E-state index in [9.17, 15) is 14.7 Å². The predicted molar refractivity (Wildman–Crippen MR) is 42.3 cm³/mol. The van der Waals surface area contributed by atoms with Gasteiger partial charge in [0.05, 0.1) is 5.97 Å². The summed E-state index contributed by atoms with van der Waals surface area (Å²) in [4.78, 5) is 19.0. The maximum Gasteiger partial charge on any atom is 1.00 e. The molecule has 0 heterocycles. The zero-order valence-electron chi connectivity index (χ0n) is 8.03. The number of carboxylic acid groups (broad SMARTS) is 2. The van der Waals surface area contributed by atoms with Crippen molar-refractivity contribution >= 4 is 11.9 Å². The molecule has 0 aromatic carbocycles. The van der Waals surface area contributed by atoms with Crippen molar-refractivity contribution in [3.63, 3.8) is 0 Å². The Balaban J connectivity index is -0.000000173. The summed E-state index contributed by atoms with van der Waals surface area (Å²) in [6.45, 7) is 7.50. The molecular formula is C8H11NaO4. The van der Waals surface area contributed by atoms with Gasteiger partial charge >= 0.3 is 35.5 Å². The van der Waals surface area contributed by atoms with E-state index in [2.05, 4.69) is 6.58 Å². The second-order valence-corrected chi connectivity index (χ2v) is 2.20. The second-order valence-electron chi connectivity index (χ2n) is 2.20. The van der Waals surface area contributed by atoms with Crippen molar-refractivity contribution in [2.24, 2.45) is 0 Å². The summed E-state index contributed by atoms with van der Waals surface area (Å²) in [5, 5.41) is 17.2. The van der Waals surface area contributed by atoms with Gasteiger partial charge in [0.2, 0.25) is 0 Å². The fourth-order valence-corrected chi connectivity index (χ4v) is 0.139. The van der Waals surface area contributed by atoms with Crippen LogP contribution in [0.1, 0.15) is 13.8 Å². The molecule has 0 rings (SSSR count). The molecule has 0 saturated carbocycles. The normalized spacial score (nSPS) is 7.85. The van der Waals surface area contributed by atoms with Crippen LogP contribution in [0.4, 0.5) is 0 Å². The molecular weight excluding hydrogens is 183 g/mol. The average Bonchev–Trinajstić information content (AvgIpc) is 1.82. The first-order valence-corrected chi connectivity index (χ1v) is 3.10. The average molecular weight is 194 g/mol. The van der Waals surface area contributed by atoms with Gasteiger partial charge in [0.15, 0.2) is 0 Å². The number of aliphatic carboxylic acids is 2. The number of rotatable bonds is 2. The summed E-state index contributed by atoms with van der Waals surface area (Å²) in [6, 6.07) is 0. The molecule has 0 radical (unpaired) electrons. The summed E-state index contributed by atoms with van der Waals surface area (Å²) in [6.07, 6.45) is 0.942. The summed E-state index contributed by atoms with van der Waals surface area (Å²) >= 11 is 0. The molecule has 13 heavy (non-hydrogen) atoms. The van der Waals surface area contributed by atoms with Gasteiger partial charge in [0.25, 0.3) is 0 Å². The van der Waals surface area contributed by atoms with Crippen LogP contribution < -0.4 is 34.7 Å². The van der Waals surface area contributed by atoms with Crippen LogP contribution >= 0.6 is 0 Å². The fourth-order valence-electron chi connectivity index (χ4n) is 0.139. The van der Waals surface area contributed by atoms with Gasteiger partial charge in [-0.15, -0.1) is 6.58 Å². The number of hydrogen-bond acceptors (Lipinski definition) is 3. The smallest absolute Gasteiger partial charge is 0.545 e. The van der Waals surface area contributed by atoms with Gasteiger partial charge in [-0.25, -0.2) is 4.79 Å². The van der Waals surface area contributed by atoms with Crippen molar-refractivity contribution in [1.82, 2.24) is 0 Å². The van der Waals surface area contributed by atoms with Crippen LogP contribution in [-0.2, 0) is 9.59 Å². The summed E-state index contributed by atoms with van der Waals surface area (Å²) in [7, 11) is 0. The van der Waals surface area contributed by atoms with Gasteiger partial charge in [0, 0.05) is 6.08 Å². The summed E-state index contributed by atoms with van der Waals surface area (Å²) in [5.74, 6) is -2.80. The van der Waals surface area contributed by atoms with Crippen molar-refractivity contribution in [3.05, 3.63) is 24.3 Å². The van der Waals surface area contributed by atoms with Gasteiger partial charge in [-0.1, -0.05) is 5.57 Å². The molecule has 0 bridgehead atoms. The molecule has 0 aromatic heterocycles. The van der Waals surface area contributed by atoms with Crippen LogP contribution in [-0.4, -0.2) is 17.0 Å². The minimum Gasteiger partial charge on any atom is -0.545 e. The van der Waals surface area contributed by atoms with Crippen LogP contribution in [0.15, 0.2) is 24.3 Å². The number of carbonyl (C=O) groups excluding carboxylic acids is 1. The molecule has 0 aliphatic carbocycles. The van der Waals surface area contributed by atoms with Crippen LogP contribution in [0.2, 0.25) is 0 Å². The maximum absolute atomic E-state index is 9.53. The minimum atomic E-state index is -1.51. The third-order valence-corrected chi connectivity index (χ3v) is 0.362. The van der Waals surface area contributed by atoms with E-state index in [-0.39, 0.29) is 29.6 Å². The SMILES string of the molecule is C=C(C)C.O=C([O-])C=CC(=O)O.[Na+]. The largest absolute Gasteiger partial charge is 1.00 e. The molecule has 5 heteroatoms. The van der Waals surface area contributed by atoms with E-state index in [1.165, 1.54) is 5.57 Å². The predicted octanol–water partition coefficient (Wildman–Crippen LogP) is -3.04. The van der Waals surface area contributed by atoms with Gasteiger partial charge in [-0.05, 0) is 19.9 Å². The van der Waals surface area contributed by atoms with E-state index in [4.69, 9.17) is 5.11 Å². The number of hydrogen-bond donors (Lipinski definition) is 1. The van der Waals surface area contributed by atoms with Crippen LogP contribution in [0.3, 0.4) is 0 Å². The van der Waals surface area contributed by atoms with Crippen molar-refractivity contribution in [1.29, 1.82) is 0 Å². The van der Waals surface area contributed by atoms with E-state index in [0.29, 0.717) is 12.2 Å². The van der Waals surface area contributed by atoms with Gasteiger partial charge < -0.3 is 15.0 Å². The molecule has 0 aliphatic rings. The van der Waals surface area contributed by atoms with Crippen molar-refractivity contribution in [3.8, 4) is 0 Å². The molecule has 68 valence electrons. The first-order valence-electron chi connectivity index (χ1n) is 3.10. The molecule has 0 saturated heterocycles. The van der Waals surface area contributed by atoms with E-state index >= 15 is 0 Å². The first kappa shape index (κ1) is 18.3. The molecule has 4 nitrogen and oxygen atoms in total. The summed E-state index contributed by atoms with van der Waals surface area (Å²) < 4.78 is 0. The molecule has 0 atom stereocenters. The van der Waals surface area contributed by atoms with Crippen molar-refractivity contribution in [2.45, 2.75) is 13.8 Å². The molecule has 0 amide bonds. The fraction of sp³-hybridized carbons (Fsp3) is 0.250. The monoisotopic (exact) mass is 194 g/mol. The van der Waals surface area contributed by atoms with Gasteiger partial charge in [0.1, 0.15) is 0 Å². The van der Waals surface area contributed by atoms with Crippen molar-refractivity contribution < 1.29 is 49.4 Å². The zero-order chi connectivity index (χ0) is 10.1. The second kappa shape index (κ2) is 11.4. The Morgan fingerprint density at radius 2 is 1.62 bits per heavy atom. The number of carboxylic acids is 2. The summed E-state index contributed by atoms with van der Waals surface area (Å²) in [5.41, 5.74) is 1.17. The molecule has 0 unspecified atom stereocenters. The molecule has 0 spiro atoms. The van der Waals surface area contributed by atoms with Crippen molar-refractivity contribution in [2.75, 3.05) is 0 Å². The van der Waals surface area contributed by atoms with E-state index in [1.54, 1.807) is 0 Å². The van der Waals surface area contributed by atoms with Crippen LogP contribution in [0, 0.1) is 0 Å². The van der Waals surface area contributed by atoms with Gasteiger partial charge in [-0.2, -0.15) is 0 Å². The standard InChI is InChI=1S/C4H4O4.C4H8.Na/c5-3(6)1-2-4(7)8;1-4(2)3;/h1-2H,(H,5,6)(H,7,8);1H2,2-3H3;/q;;+1/p-1. The van der Waals surface area contributed by atoms with E-state index < -0.39 is 11.9 Å². The van der Waals surface area contributed by atoms with E-state index in [1.807, 2.05) is 13.8 Å². The Hall–Kier alpha value is -0.580.